The van der Waals surface area contributed by atoms with Crippen LogP contribution in [0.4, 0.5) is 5.69 Å². The fraction of sp³-hybridized carbons (Fsp3) is 0.240. The molecule has 0 fully saturated rings. The molecule has 2 aliphatic rings. The number of rotatable bonds is 4. The highest BCUT2D eigenvalue weighted by molar-refractivity contribution is 6.05. The van der Waals surface area contributed by atoms with Gasteiger partial charge in [-0.25, -0.2) is 0 Å². The van der Waals surface area contributed by atoms with Gasteiger partial charge in [0.25, 0.3) is 0 Å². The zero-order valence-corrected chi connectivity index (χ0v) is 17.7. The maximum atomic E-state index is 5.63. The molecule has 1 aromatic heterocycles. The van der Waals surface area contributed by atoms with Gasteiger partial charge in [-0.1, -0.05) is 18.2 Å². The number of H-pyrrole nitrogens is 1. The Kier molecular flexibility index (Phi) is 4.21. The topological polar surface area (TPSA) is 46.5 Å². The van der Waals surface area contributed by atoms with Crippen LogP contribution in [-0.2, 0) is 5.41 Å². The van der Waals surface area contributed by atoms with Gasteiger partial charge in [0.05, 0.1) is 18.2 Å². The van der Waals surface area contributed by atoms with Crippen molar-refractivity contribution in [3.05, 3.63) is 65.9 Å². The van der Waals surface area contributed by atoms with E-state index in [9.17, 15) is 0 Å². The molecule has 2 aliphatic heterocycles. The Balaban J connectivity index is 1.50. The van der Waals surface area contributed by atoms with Gasteiger partial charge in [0.2, 0.25) is 12.5 Å². The minimum atomic E-state index is -0.0676. The third kappa shape index (κ3) is 2.81. The number of allylic oxidation sites excluding steroid dienone is 1. The van der Waals surface area contributed by atoms with E-state index in [0.29, 0.717) is 0 Å². The second-order valence-corrected chi connectivity index (χ2v) is 8.15. The van der Waals surface area contributed by atoms with Crippen LogP contribution in [0, 0.1) is 0 Å². The number of ether oxygens (including phenoxy) is 3. The quantitative estimate of drug-likeness (QED) is 0.616. The average Bonchev–Trinajstić information content (AvgIpc) is 3.43. The van der Waals surface area contributed by atoms with E-state index in [-0.39, 0.29) is 12.2 Å². The van der Waals surface area contributed by atoms with Crippen LogP contribution in [0.2, 0.25) is 0 Å². The molecular formula is C25H25N2O3+. The number of nitrogens with one attached hydrogen (secondary N) is 1. The van der Waals surface area contributed by atoms with Crippen molar-refractivity contribution in [3.8, 4) is 28.5 Å². The van der Waals surface area contributed by atoms with E-state index in [2.05, 4.69) is 66.9 Å². The Morgan fingerprint density at radius 2 is 1.83 bits per heavy atom. The molecule has 30 heavy (non-hydrogen) atoms. The normalized spacial score (nSPS) is 16.4. The molecule has 0 amide bonds. The zero-order chi connectivity index (χ0) is 20.9. The molecule has 0 bridgehead atoms. The summed E-state index contributed by atoms with van der Waals surface area (Å²) in [4.78, 5) is 3.49. The molecule has 0 spiro atoms. The van der Waals surface area contributed by atoms with Crippen LogP contribution in [-0.4, -0.2) is 36.2 Å². The number of fused-ring (bicyclic) bond motifs is 2. The average molecular weight is 401 g/mol. The van der Waals surface area contributed by atoms with Crippen molar-refractivity contribution in [2.24, 2.45) is 0 Å². The Labute approximate surface area is 176 Å². The summed E-state index contributed by atoms with van der Waals surface area (Å²) in [7, 11) is 3.82. The molecule has 3 aromatic rings. The van der Waals surface area contributed by atoms with Crippen LogP contribution in [0.5, 0.6) is 17.2 Å². The first kappa shape index (κ1) is 18.6. The highest BCUT2D eigenvalue weighted by Crippen LogP contribution is 2.40. The monoisotopic (exact) mass is 401 g/mol. The van der Waals surface area contributed by atoms with E-state index < -0.39 is 0 Å². The van der Waals surface area contributed by atoms with E-state index in [1.54, 1.807) is 7.11 Å². The number of nitrogens with zero attached hydrogens (tertiary/aromatic N) is 1. The summed E-state index contributed by atoms with van der Waals surface area (Å²) in [6, 6.07) is 16.5. The Morgan fingerprint density at radius 3 is 2.63 bits per heavy atom. The first-order chi connectivity index (χ1) is 14.5. The predicted molar refractivity (Wildman–Crippen MR) is 118 cm³/mol. The number of benzene rings is 2. The van der Waals surface area contributed by atoms with Gasteiger partial charge in [0.1, 0.15) is 12.8 Å². The predicted octanol–water partition coefficient (Wildman–Crippen LogP) is 5.14. The Hall–Kier alpha value is -3.47. The molecule has 2 aromatic carbocycles. The summed E-state index contributed by atoms with van der Waals surface area (Å²) in [6.07, 6.45) is 4.27. The van der Waals surface area contributed by atoms with Crippen molar-refractivity contribution >= 4 is 17.5 Å². The lowest BCUT2D eigenvalue weighted by atomic mass is 9.81. The van der Waals surface area contributed by atoms with Crippen molar-refractivity contribution in [1.29, 1.82) is 0 Å². The van der Waals surface area contributed by atoms with Crippen LogP contribution in [0.15, 0.2) is 54.6 Å². The lowest BCUT2D eigenvalue weighted by molar-refractivity contribution is -0.401. The van der Waals surface area contributed by atoms with Gasteiger partial charge < -0.3 is 19.2 Å². The molecule has 5 rings (SSSR count). The van der Waals surface area contributed by atoms with Crippen LogP contribution in [0.3, 0.4) is 0 Å². The maximum Gasteiger partial charge on any atom is 0.231 e. The van der Waals surface area contributed by atoms with Gasteiger partial charge in [-0.2, -0.15) is 4.58 Å². The summed E-state index contributed by atoms with van der Waals surface area (Å²) in [5, 5.41) is 0. The van der Waals surface area contributed by atoms with Crippen LogP contribution < -0.4 is 14.2 Å². The summed E-state index contributed by atoms with van der Waals surface area (Å²) >= 11 is 0. The molecule has 0 radical (unpaired) electrons. The van der Waals surface area contributed by atoms with Crippen molar-refractivity contribution < 1.29 is 18.8 Å². The highest BCUT2D eigenvalue weighted by Gasteiger charge is 2.42. The summed E-state index contributed by atoms with van der Waals surface area (Å²) in [6.45, 7) is 4.79. The van der Waals surface area contributed by atoms with Gasteiger partial charge in [0, 0.05) is 35.0 Å². The SMILES string of the molecule is COc1cc(-c2ccc3c(c2)OCO3)[nH]c1/C=C/C1=[N+](C)c2ccccc2C1(C)C. The lowest BCUT2D eigenvalue weighted by Crippen LogP contribution is -2.26. The van der Waals surface area contributed by atoms with Crippen LogP contribution in [0.1, 0.15) is 25.1 Å². The number of aromatic amines is 1. The van der Waals surface area contributed by atoms with E-state index >= 15 is 0 Å². The second-order valence-electron chi connectivity index (χ2n) is 8.15. The first-order valence-electron chi connectivity index (χ1n) is 10.0. The first-order valence-corrected chi connectivity index (χ1v) is 10.0. The summed E-state index contributed by atoms with van der Waals surface area (Å²) in [5.74, 6) is 2.34. The summed E-state index contributed by atoms with van der Waals surface area (Å²) < 4.78 is 18.8. The van der Waals surface area contributed by atoms with Crippen LogP contribution in [0.25, 0.3) is 17.3 Å². The number of methoxy groups -OCH3 is 1. The third-order valence-corrected chi connectivity index (χ3v) is 6.06. The van der Waals surface area contributed by atoms with Gasteiger partial charge >= 0.3 is 0 Å². The molecule has 0 unspecified atom stereocenters. The smallest absolute Gasteiger partial charge is 0.231 e. The molecule has 0 atom stereocenters. The van der Waals surface area contributed by atoms with E-state index in [4.69, 9.17) is 14.2 Å². The standard InChI is InChI=1S/C25H24N2O3/c1-25(2)17-7-5-6-8-20(17)27(3)24(25)12-10-18-22(28-4)14-19(26-18)16-9-11-21-23(13-16)30-15-29-21/h5-14H,15H2,1-4H3/p+1. The van der Waals surface area contributed by atoms with Crippen molar-refractivity contribution in [1.82, 2.24) is 4.98 Å². The maximum absolute atomic E-state index is 5.63. The van der Waals surface area contributed by atoms with E-state index in [1.807, 2.05) is 24.3 Å². The molecule has 5 nitrogen and oxygen atoms in total. The highest BCUT2D eigenvalue weighted by atomic mass is 16.7. The number of hydrogen-bond donors (Lipinski definition) is 1. The van der Waals surface area contributed by atoms with Crippen molar-refractivity contribution in [2.45, 2.75) is 19.3 Å². The molecule has 0 saturated heterocycles. The van der Waals surface area contributed by atoms with Crippen molar-refractivity contribution in [2.75, 3.05) is 21.0 Å². The number of hydrogen-bond acceptors (Lipinski definition) is 3. The second kappa shape index (κ2) is 6.80. The molecule has 1 N–H and O–H groups in total. The fourth-order valence-corrected chi connectivity index (χ4v) is 4.43. The molecule has 3 heterocycles. The minimum Gasteiger partial charge on any atom is -0.494 e. The van der Waals surface area contributed by atoms with Gasteiger partial charge in [-0.15, -0.1) is 0 Å². The molecule has 152 valence electrons. The number of para-hydroxylation sites is 1. The van der Waals surface area contributed by atoms with Gasteiger partial charge in [-0.3, -0.25) is 0 Å². The largest absolute Gasteiger partial charge is 0.494 e. The molecule has 0 saturated carbocycles. The fourth-order valence-electron chi connectivity index (χ4n) is 4.43. The third-order valence-electron chi connectivity index (χ3n) is 6.06. The zero-order valence-electron chi connectivity index (χ0n) is 17.7. The Bertz CT molecular complexity index is 1200. The summed E-state index contributed by atoms with van der Waals surface area (Å²) in [5.41, 5.74) is 6.69. The van der Waals surface area contributed by atoms with Gasteiger partial charge in [0.15, 0.2) is 17.2 Å². The van der Waals surface area contributed by atoms with Crippen molar-refractivity contribution in [3.63, 3.8) is 0 Å². The molecular weight excluding hydrogens is 376 g/mol. The van der Waals surface area contributed by atoms with E-state index in [1.165, 1.54) is 17.0 Å². The van der Waals surface area contributed by atoms with E-state index in [0.717, 1.165) is 34.2 Å². The molecule has 0 aliphatic carbocycles. The minimum absolute atomic E-state index is 0.0676. The lowest BCUT2D eigenvalue weighted by Gasteiger charge is -2.15. The van der Waals surface area contributed by atoms with Gasteiger partial charge in [-0.05, 0) is 38.1 Å². The molecule has 5 heteroatoms. The Morgan fingerprint density at radius 1 is 1.03 bits per heavy atom. The van der Waals surface area contributed by atoms with Crippen LogP contribution >= 0.6 is 0 Å². The number of aromatic nitrogens is 1.